The fraction of sp³-hybridized carbons (Fsp3) is 0.636. The van der Waals surface area contributed by atoms with E-state index in [4.69, 9.17) is 9.47 Å². The van der Waals surface area contributed by atoms with Gasteiger partial charge in [0.25, 0.3) is 5.91 Å². The summed E-state index contributed by atoms with van der Waals surface area (Å²) in [5, 5.41) is 5.67. The van der Waals surface area contributed by atoms with Crippen molar-refractivity contribution < 1.29 is 27.5 Å². The van der Waals surface area contributed by atoms with Crippen molar-refractivity contribution in [3.63, 3.8) is 0 Å². The molecule has 2 N–H and O–H groups in total. The highest BCUT2D eigenvalue weighted by atomic mass is 32.2. The molecule has 0 aromatic heterocycles. The van der Waals surface area contributed by atoms with E-state index in [0.29, 0.717) is 42.9 Å². The zero-order chi connectivity index (χ0) is 23.4. The van der Waals surface area contributed by atoms with Gasteiger partial charge in [-0.25, -0.2) is 8.42 Å². The van der Waals surface area contributed by atoms with E-state index in [0.717, 1.165) is 39.3 Å². The van der Waals surface area contributed by atoms with Crippen molar-refractivity contribution in [3.05, 3.63) is 17.7 Å². The smallest absolute Gasteiger partial charge is 0.262 e. The second-order valence-corrected chi connectivity index (χ2v) is 10.7. The Hall–Kier alpha value is -2.21. The molecule has 33 heavy (non-hydrogen) atoms. The van der Waals surface area contributed by atoms with Crippen molar-refractivity contribution in [2.45, 2.75) is 31.1 Å². The van der Waals surface area contributed by atoms with Crippen LogP contribution >= 0.6 is 0 Å². The third-order valence-electron chi connectivity index (χ3n) is 6.34. The number of carbonyl (C=O) groups excluding carboxylic acids is 2. The number of benzene rings is 1. The molecule has 0 unspecified atom stereocenters. The van der Waals surface area contributed by atoms with Crippen LogP contribution in [0.5, 0.6) is 5.75 Å². The van der Waals surface area contributed by atoms with Crippen LogP contribution in [-0.2, 0) is 24.3 Å². The molecule has 1 aromatic carbocycles. The first-order valence-corrected chi connectivity index (χ1v) is 12.9. The molecule has 10 nitrogen and oxygen atoms in total. The summed E-state index contributed by atoms with van der Waals surface area (Å²) in [4.78, 5) is 26.7. The minimum Gasteiger partial charge on any atom is -0.482 e. The molecule has 1 aromatic rings. The number of anilines is 1. The Morgan fingerprint density at radius 1 is 1.24 bits per heavy atom. The summed E-state index contributed by atoms with van der Waals surface area (Å²) in [6, 6.07) is 3.08. The number of piperidine rings is 1. The van der Waals surface area contributed by atoms with E-state index in [1.54, 1.807) is 13.0 Å². The number of aryl methyl sites for hydroxylation is 1. The van der Waals surface area contributed by atoms with E-state index in [9.17, 15) is 18.0 Å². The van der Waals surface area contributed by atoms with E-state index in [2.05, 4.69) is 15.5 Å². The number of morpholine rings is 1. The van der Waals surface area contributed by atoms with Crippen molar-refractivity contribution in [1.29, 1.82) is 0 Å². The van der Waals surface area contributed by atoms with Crippen LogP contribution in [0.2, 0.25) is 0 Å². The Kier molecular flexibility index (Phi) is 7.52. The normalized spacial score (nSPS) is 22.2. The van der Waals surface area contributed by atoms with Gasteiger partial charge in [0.2, 0.25) is 15.9 Å². The summed E-state index contributed by atoms with van der Waals surface area (Å²) in [6.07, 6.45) is 2.15. The van der Waals surface area contributed by atoms with Gasteiger partial charge in [0.1, 0.15) is 5.75 Å². The molecular formula is C22H32N4O6S. The van der Waals surface area contributed by atoms with Crippen molar-refractivity contribution in [3.8, 4) is 5.75 Å². The number of nitrogens with one attached hydrogen (secondary N) is 2. The molecule has 2 fully saturated rings. The van der Waals surface area contributed by atoms with Crippen molar-refractivity contribution in [1.82, 2.24) is 14.5 Å². The third kappa shape index (κ3) is 5.65. The topological polar surface area (TPSA) is 117 Å². The molecule has 1 atom stereocenters. The number of nitrogens with zero attached hydrogens (tertiary/aromatic N) is 2. The van der Waals surface area contributed by atoms with Crippen LogP contribution in [-0.4, -0.2) is 88.5 Å². The lowest BCUT2D eigenvalue weighted by molar-refractivity contribution is -0.126. The highest BCUT2D eigenvalue weighted by molar-refractivity contribution is 7.89. The van der Waals surface area contributed by atoms with E-state index >= 15 is 0 Å². The Morgan fingerprint density at radius 2 is 2.03 bits per heavy atom. The van der Waals surface area contributed by atoms with E-state index in [1.807, 2.05) is 0 Å². The SMILES string of the molecule is Cc1cc2c(cc1S(=O)(=O)N1CCC[C@@H](C(=O)NCCCN3CCOCC3)C1)OCC(=O)N2. The maximum atomic E-state index is 13.4. The minimum atomic E-state index is -3.80. The highest BCUT2D eigenvalue weighted by Crippen LogP contribution is 2.35. The van der Waals surface area contributed by atoms with Gasteiger partial charge in [-0.15, -0.1) is 0 Å². The van der Waals surface area contributed by atoms with Crippen LogP contribution in [0, 0.1) is 12.8 Å². The molecule has 3 aliphatic rings. The van der Waals surface area contributed by atoms with Crippen molar-refractivity contribution >= 4 is 27.5 Å². The zero-order valence-electron chi connectivity index (χ0n) is 19.0. The van der Waals surface area contributed by atoms with Crippen LogP contribution in [0.1, 0.15) is 24.8 Å². The Labute approximate surface area is 194 Å². The lowest BCUT2D eigenvalue weighted by atomic mass is 9.99. The first kappa shape index (κ1) is 23.9. The fourth-order valence-corrected chi connectivity index (χ4v) is 6.24. The van der Waals surface area contributed by atoms with Crippen LogP contribution < -0.4 is 15.4 Å². The standard InChI is InChI=1S/C22H32N4O6S/c1-16-12-18-19(32-15-21(27)24-18)13-20(16)33(29,30)26-7-2-4-17(14-26)22(28)23-5-3-6-25-8-10-31-11-9-25/h12-13,17H,2-11,14-15H2,1H3,(H,23,28)(H,24,27)/t17-/m1/s1. The van der Waals surface area contributed by atoms with Crippen molar-refractivity contribution in [2.75, 3.05) is 64.4 Å². The van der Waals surface area contributed by atoms with Crippen LogP contribution in [0.3, 0.4) is 0 Å². The summed E-state index contributed by atoms with van der Waals surface area (Å²) in [6.45, 7) is 6.91. The molecule has 0 radical (unpaired) electrons. The molecule has 182 valence electrons. The monoisotopic (exact) mass is 480 g/mol. The van der Waals surface area contributed by atoms with E-state index in [-0.39, 0.29) is 35.8 Å². The Balaban J connectivity index is 1.35. The maximum absolute atomic E-state index is 13.4. The number of amides is 2. The summed E-state index contributed by atoms with van der Waals surface area (Å²) >= 11 is 0. The average molecular weight is 481 g/mol. The van der Waals surface area contributed by atoms with Gasteiger partial charge in [0.05, 0.1) is 29.7 Å². The lowest BCUT2D eigenvalue weighted by Gasteiger charge is -2.32. The molecule has 4 rings (SSSR count). The molecule has 0 aliphatic carbocycles. The predicted octanol–water partition coefficient (Wildman–Crippen LogP) is 0.565. The van der Waals surface area contributed by atoms with Crippen molar-refractivity contribution in [2.24, 2.45) is 5.92 Å². The molecule has 11 heteroatoms. The van der Waals surface area contributed by atoms with E-state index < -0.39 is 10.0 Å². The number of hydrogen-bond acceptors (Lipinski definition) is 7. The zero-order valence-corrected chi connectivity index (χ0v) is 19.8. The first-order valence-electron chi connectivity index (χ1n) is 11.5. The largest absolute Gasteiger partial charge is 0.482 e. The van der Waals surface area contributed by atoms with Gasteiger partial charge in [-0.05, 0) is 44.4 Å². The molecule has 0 spiro atoms. The average Bonchev–Trinajstić information content (AvgIpc) is 2.82. The highest BCUT2D eigenvalue weighted by Gasteiger charge is 2.35. The van der Waals surface area contributed by atoms with Gasteiger partial charge in [0.15, 0.2) is 6.61 Å². The molecule has 3 aliphatic heterocycles. The van der Waals surface area contributed by atoms with Gasteiger partial charge in [-0.3, -0.25) is 14.5 Å². The number of hydrogen-bond donors (Lipinski definition) is 2. The number of sulfonamides is 1. The summed E-state index contributed by atoms with van der Waals surface area (Å²) in [5.41, 5.74) is 0.991. The number of rotatable bonds is 7. The summed E-state index contributed by atoms with van der Waals surface area (Å²) < 4.78 is 38.9. The number of ether oxygens (including phenoxy) is 2. The first-order chi connectivity index (χ1) is 15.8. The Bertz CT molecular complexity index is 993. The van der Waals surface area contributed by atoms with Gasteiger partial charge in [-0.1, -0.05) is 0 Å². The molecular weight excluding hydrogens is 448 g/mol. The molecule has 2 saturated heterocycles. The van der Waals surface area contributed by atoms with Gasteiger partial charge in [0, 0.05) is 38.8 Å². The second kappa shape index (κ2) is 10.4. The predicted molar refractivity (Wildman–Crippen MR) is 122 cm³/mol. The summed E-state index contributed by atoms with van der Waals surface area (Å²) in [7, 11) is -3.80. The molecule has 0 bridgehead atoms. The summed E-state index contributed by atoms with van der Waals surface area (Å²) in [5.74, 6) is -0.395. The van der Waals surface area contributed by atoms with Gasteiger partial charge >= 0.3 is 0 Å². The maximum Gasteiger partial charge on any atom is 0.262 e. The Morgan fingerprint density at radius 3 is 2.82 bits per heavy atom. The third-order valence-corrected chi connectivity index (χ3v) is 8.34. The fourth-order valence-electron chi connectivity index (χ4n) is 4.49. The van der Waals surface area contributed by atoms with Gasteiger partial charge < -0.3 is 20.1 Å². The minimum absolute atomic E-state index is 0.0925. The lowest BCUT2D eigenvalue weighted by Crippen LogP contribution is -2.46. The number of fused-ring (bicyclic) bond motifs is 1. The van der Waals surface area contributed by atoms with Crippen LogP contribution in [0.25, 0.3) is 0 Å². The second-order valence-electron chi connectivity index (χ2n) is 8.75. The van der Waals surface area contributed by atoms with E-state index in [1.165, 1.54) is 10.4 Å². The van der Waals surface area contributed by atoms with Crippen LogP contribution in [0.15, 0.2) is 17.0 Å². The molecule has 0 saturated carbocycles. The number of carbonyl (C=O) groups is 2. The molecule has 3 heterocycles. The van der Waals surface area contributed by atoms with Crippen LogP contribution in [0.4, 0.5) is 5.69 Å². The van der Waals surface area contributed by atoms with Gasteiger partial charge in [-0.2, -0.15) is 4.31 Å². The molecule has 2 amide bonds. The quantitative estimate of drug-likeness (QED) is 0.548.